The number of alkyl halides is 1. The third kappa shape index (κ3) is 11.8. The van der Waals surface area contributed by atoms with Gasteiger partial charge in [0.1, 0.15) is 0 Å². The molecule has 0 aliphatic carbocycles. The molecule has 1 radical (unpaired) electrons. The zero-order valence-corrected chi connectivity index (χ0v) is 11.8. The van der Waals surface area contributed by atoms with Crippen molar-refractivity contribution >= 4 is 6.29 Å². The van der Waals surface area contributed by atoms with E-state index in [1.807, 2.05) is 6.29 Å². The van der Waals surface area contributed by atoms with Crippen LogP contribution in [0.25, 0.3) is 0 Å². The van der Waals surface area contributed by atoms with Crippen molar-refractivity contribution in [2.75, 3.05) is 6.67 Å². The minimum absolute atomic E-state index is 0.254. The molecule has 105 valence electrons. The number of allylic oxidation sites excluding steroid dienone is 2. The largest absolute Gasteiger partial charge is 0.286 e. The average molecular weight is 255 g/mol. The lowest BCUT2D eigenvalue weighted by atomic mass is 10.0. The SMILES string of the molecule is CCCCCCCCCC(=C[C]=O)CCCCF. The van der Waals surface area contributed by atoms with Gasteiger partial charge in [0.2, 0.25) is 6.29 Å². The highest BCUT2D eigenvalue weighted by Crippen LogP contribution is 2.16. The van der Waals surface area contributed by atoms with Crippen LogP contribution >= 0.6 is 0 Å². The minimum atomic E-state index is -0.254. The molecule has 18 heavy (non-hydrogen) atoms. The molecule has 0 aliphatic rings. The summed E-state index contributed by atoms with van der Waals surface area (Å²) in [5.74, 6) is 0. The first-order chi connectivity index (χ1) is 8.85. The predicted molar refractivity (Wildman–Crippen MR) is 76.2 cm³/mol. The minimum Gasteiger partial charge on any atom is -0.286 e. The van der Waals surface area contributed by atoms with Crippen LogP contribution in [0, 0.1) is 0 Å². The van der Waals surface area contributed by atoms with Crippen molar-refractivity contribution in [2.45, 2.75) is 77.6 Å². The summed E-state index contributed by atoms with van der Waals surface area (Å²) >= 11 is 0. The molecule has 0 saturated heterocycles. The van der Waals surface area contributed by atoms with Gasteiger partial charge in [0.05, 0.1) is 6.67 Å². The molecule has 0 aliphatic heterocycles. The van der Waals surface area contributed by atoms with Crippen molar-refractivity contribution in [1.29, 1.82) is 0 Å². The lowest BCUT2D eigenvalue weighted by Gasteiger charge is -2.06. The van der Waals surface area contributed by atoms with E-state index in [2.05, 4.69) is 6.92 Å². The summed E-state index contributed by atoms with van der Waals surface area (Å²) in [6.07, 6.45) is 15.7. The fourth-order valence-electron chi connectivity index (χ4n) is 2.11. The Morgan fingerprint density at radius 2 is 1.50 bits per heavy atom. The summed E-state index contributed by atoms with van der Waals surface area (Å²) in [7, 11) is 0. The Labute approximate surface area is 112 Å². The van der Waals surface area contributed by atoms with Crippen LogP contribution in [0.1, 0.15) is 77.6 Å². The molecule has 0 unspecified atom stereocenters. The number of halogens is 1. The molecule has 0 atom stereocenters. The van der Waals surface area contributed by atoms with Gasteiger partial charge in [-0.05, 0) is 38.2 Å². The lowest BCUT2D eigenvalue weighted by Crippen LogP contribution is -1.89. The van der Waals surface area contributed by atoms with Gasteiger partial charge in [0, 0.05) is 0 Å². The molecule has 0 N–H and O–H groups in total. The van der Waals surface area contributed by atoms with E-state index < -0.39 is 0 Å². The first kappa shape index (κ1) is 17.3. The standard InChI is InChI=1S/C16H28FO/c1-2-3-4-5-6-7-8-11-16(13-15-18)12-9-10-14-17/h13H,2-12,14H2,1H3. The highest BCUT2D eigenvalue weighted by atomic mass is 19.1. The van der Waals surface area contributed by atoms with Crippen molar-refractivity contribution in [3.8, 4) is 0 Å². The number of unbranched alkanes of at least 4 members (excludes halogenated alkanes) is 7. The summed E-state index contributed by atoms with van der Waals surface area (Å²) in [5, 5.41) is 0. The molecule has 0 aromatic rings. The Morgan fingerprint density at radius 3 is 2.06 bits per heavy atom. The fourth-order valence-corrected chi connectivity index (χ4v) is 2.11. The molecule has 0 bridgehead atoms. The van der Waals surface area contributed by atoms with Crippen LogP contribution in [-0.2, 0) is 4.79 Å². The maximum absolute atomic E-state index is 12.0. The van der Waals surface area contributed by atoms with E-state index in [0.29, 0.717) is 6.42 Å². The molecule has 0 aromatic carbocycles. The predicted octanol–water partition coefficient (Wildman–Crippen LogP) is 5.30. The highest BCUT2D eigenvalue weighted by Gasteiger charge is 1.99. The van der Waals surface area contributed by atoms with E-state index in [4.69, 9.17) is 0 Å². The van der Waals surface area contributed by atoms with Gasteiger partial charge in [-0.25, -0.2) is 0 Å². The maximum Gasteiger partial charge on any atom is 0.225 e. The molecular weight excluding hydrogens is 227 g/mol. The summed E-state index contributed by atoms with van der Waals surface area (Å²) in [4.78, 5) is 10.4. The van der Waals surface area contributed by atoms with E-state index in [-0.39, 0.29) is 6.67 Å². The van der Waals surface area contributed by atoms with Gasteiger partial charge >= 0.3 is 0 Å². The third-order valence-electron chi connectivity index (χ3n) is 3.25. The third-order valence-corrected chi connectivity index (χ3v) is 3.25. The fraction of sp³-hybridized carbons (Fsp3) is 0.812. The first-order valence-corrected chi connectivity index (χ1v) is 7.46. The Kier molecular flexibility index (Phi) is 13.9. The number of hydrogen-bond donors (Lipinski definition) is 0. The van der Waals surface area contributed by atoms with Gasteiger partial charge in [-0.1, -0.05) is 51.0 Å². The Bertz CT molecular complexity index is 211. The van der Waals surface area contributed by atoms with Crippen LogP contribution < -0.4 is 0 Å². The Morgan fingerprint density at radius 1 is 0.944 bits per heavy atom. The number of rotatable bonds is 13. The van der Waals surface area contributed by atoms with Crippen LogP contribution in [0.15, 0.2) is 11.6 Å². The maximum atomic E-state index is 12.0. The van der Waals surface area contributed by atoms with Crippen LogP contribution in [0.3, 0.4) is 0 Å². The van der Waals surface area contributed by atoms with Crippen LogP contribution in [-0.4, -0.2) is 13.0 Å². The lowest BCUT2D eigenvalue weighted by molar-refractivity contribution is 0.460. The summed E-state index contributed by atoms with van der Waals surface area (Å²) in [6, 6.07) is 0. The second-order valence-corrected chi connectivity index (χ2v) is 4.94. The van der Waals surface area contributed by atoms with Crippen molar-refractivity contribution < 1.29 is 9.18 Å². The van der Waals surface area contributed by atoms with Gasteiger partial charge in [0.25, 0.3) is 0 Å². The van der Waals surface area contributed by atoms with Crippen molar-refractivity contribution in [2.24, 2.45) is 0 Å². The second-order valence-electron chi connectivity index (χ2n) is 4.94. The molecule has 0 rings (SSSR count). The van der Waals surface area contributed by atoms with Crippen molar-refractivity contribution in [3.05, 3.63) is 11.6 Å². The van der Waals surface area contributed by atoms with Gasteiger partial charge in [-0.15, -0.1) is 0 Å². The Balaban J connectivity index is 3.52. The van der Waals surface area contributed by atoms with Crippen molar-refractivity contribution in [3.63, 3.8) is 0 Å². The zero-order chi connectivity index (χ0) is 13.5. The smallest absolute Gasteiger partial charge is 0.225 e. The number of hydrogen-bond acceptors (Lipinski definition) is 1. The molecule has 1 nitrogen and oxygen atoms in total. The van der Waals surface area contributed by atoms with Crippen molar-refractivity contribution in [1.82, 2.24) is 0 Å². The topological polar surface area (TPSA) is 17.1 Å². The molecule has 0 heterocycles. The molecule has 0 aromatic heterocycles. The van der Waals surface area contributed by atoms with Crippen LogP contribution in [0.5, 0.6) is 0 Å². The number of carbonyl (C=O) groups excluding carboxylic acids is 1. The molecular formula is C16H28FO. The van der Waals surface area contributed by atoms with Gasteiger partial charge in [0.15, 0.2) is 0 Å². The van der Waals surface area contributed by atoms with E-state index in [0.717, 1.165) is 31.3 Å². The van der Waals surface area contributed by atoms with E-state index in [1.54, 1.807) is 6.08 Å². The normalized spacial score (nSPS) is 11.8. The Hall–Kier alpha value is -0.660. The molecule has 0 spiro atoms. The van der Waals surface area contributed by atoms with Gasteiger partial charge < -0.3 is 0 Å². The monoisotopic (exact) mass is 255 g/mol. The highest BCUT2D eigenvalue weighted by molar-refractivity contribution is 5.66. The molecule has 2 heteroatoms. The quantitative estimate of drug-likeness (QED) is 0.322. The second kappa shape index (κ2) is 14.4. The summed E-state index contributed by atoms with van der Waals surface area (Å²) in [6.45, 7) is 1.97. The zero-order valence-electron chi connectivity index (χ0n) is 11.8. The van der Waals surface area contributed by atoms with E-state index >= 15 is 0 Å². The first-order valence-electron chi connectivity index (χ1n) is 7.46. The van der Waals surface area contributed by atoms with E-state index in [9.17, 15) is 9.18 Å². The van der Waals surface area contributed by atoms with Crippen LogP contribution in [0.2, 0.25) is 0 Å². The van der Waals surface area contributed by atoms with Crippen LogP contribution in [0.4, 0.5) is 4.39 Å². The molecule has 0 amide bonds. The molecule has 0 fully saturated rings. The van der Waals surface area contributed by atoms with E-state index in [1.165, 1.54) is 38.5 Å². The van der Waals surface area contributed by atoms with Gasteiger partial charge in [-0.3, -0.25) is 9.18 Å². The average Bonchev–Trinajstić information content (AvgIpc) is 2.38. The molecule has 0 saturated carbocycles. The summed E-state index contributed by atoms with van der Waals surface area (Å²) < 4.78 is 12.0. The summed E-state index contributed by atoms with van der Waals surface area (Å²) in [5.41, 5.74) is 1.15. The van der Waals surface area contributed by atoms with Gasteiger partial charge in [-0.2, -0.15) is 0 Å².